The van der Waals surface area contributed by atoms with Crippen LogP contribution in [0.1, 0.15) is 25.1 Å². The summed E-state index contributed by atoms with van der Waals surface area (Å²) in [5.74, 6) is 0.912. The molecule has 0 fully saturated rings. The van der Waals surface area contributed by atoms with Crippen molar-refractivity contribution in [2.75, 3.05) is 20.6 Å². The molecule has 1 aromatic carbocycles. The third-order valence-corrected chi connectivity index (χ3v) is 4.27. The first-order valence-electron chi connectivity index (χ1n) is 8.01. The number of aromatic nitrogens is 1. The van der Waals surface area contributed by atoms with Crippen molar-refractivity contribution < 1.29 is 0 Å². The Balaban J connectivity index is 1.98. The molecule has 0 bridgehead atoms. The summed E-state index contributed by atoms with van der Waals surface area (Å²) in [7, 11) is 5.97. The van der Waals surface area contributed by atoms with Gasteiger partial charge in [-0.3, -0.25) is 4.99 Å². The van der Waals surface area contributed by atoms with E-state index in [4.69, 9.17) is 0 Å². The molecule has 2 aromatic rings. The van der Waals surface area contributed by atoms with Crippen LogP contribution in [0.2, 0.25) is 0 Å². The van der Waals surface area contributed by atoms with Crippen LogP contribution in [0.3, 0.4) is 0 Å². The third kappa shape index (κ3) is 4.38. The van der Waals surface area contributed by atoms with E-state index in [1.165, 1.54) is 11.3 Å². The van der Waals surface area contributed by atoms with Gasteiger partial charge in [-0.05, 0) is 17.7 Å². The molecule has 0 aliphatic heterocycles. The molecule has 124 valence electrons. The van der Waals surface area contributed by atoms with Crippen molar-refractivity contribution in [3.63, 3.8) is 0 Å². The highest BCUT2D eigenvalue weighted by Crippen LogP contribution is 2.21. The maximum atomic E-state index is 4.42. The summed E-state index contributed by atoms with van der Waals surface area (Å²) < 4.78 is 2.14. The summed E-state index contributed by atoms with van der Waals surface area (Å²) in [6, 6.07) is 14.8. The number of aryl methyl sites for hydroxylation is 1. The number of rotatable bonds is 5. The Morgan fingerprint density at radius 3 is 2.43 bits per heavy atom. The zero-order valence-corrected chi connectivity index (χ0v) is 14.9. The fourth-order valence-electron chi connectivity index (χ4n) is 2.65. The molecular weight excluding hydrogens is 284 g/mol. The molecule has 2 rings (SSSR count). The average Bonchev–Trinajstić information content (AvgIpc) is 2.94. The number of aliphatic imine (C=N–C) groups is 1. The highest BCUT2D eigenvalue weighted by Gasteiger charge is 2.21. The largest absolute Gasteiger partial charge is 0.355 e. The van der Waals surface area contributed by atoms with Gasteiger partial charge in [0.1, 0.15) is 0 Å². The predicted octanol–water partition coefficient (Wildman–Crippen LogP) is 3.01. The summed E-state index contributed by atoms with van der Waals surface area (Å²) in [5.41, 5.74) is 2.63. The standard InChI is InChI=1S/C19H28N4/c1-19(2,16-10-7-6-8-11-16)15-21-18(20-3)23(5)14-17-12-9-13-22(17)4/h6-13H,14-15H2,1-5H3,(H,20,21). The molecule has 1 heterocycles. The minimum Gasteiger partial charge on any atom is -0.355 e. The minimum atomic E-state index is 0.0447. The highest BCUT2D eigenvalue weighted by molar-refractivity contribution is 5.79. The zero-order chi connectivity index (χ0) is 16.9. The molecule has 0 spiro atoms. The van der Waals surface area contributed by atoms with Crippen molar-refractivity contribution in [2.45, 2.75) is 25.8 Å². The highest BCUT2D eigenvalue weighted by atomic mass is 15.3. The number of nitrogens with zero attached hydrogens (tertiary/aromatic N) is 3. The minimum absolute atomic E-state index is 0.0447. The van der Waals surface area contributed by atoms with Gasteiger partial charge in [0.25, 0.3) is 0 Å². The molecule has 4 nitrogen and oxygen atoms in total. The first kappa shape index (κ1) is 17.1. The third-order valence-electron chi connectivity index (χ3n) is 4.27. The number of guanidine groups is 1. The van der Waals surface area contributed by atoms with Gasteiger partial charge in [0.2, 0.25) is 0 Å². The van der Waals surface area contributed by atoms with Gasteiger partial charge >= 0.3 is 0 Å². The normalized spacial score (nSPS) is 12.3. The van der Waals surface area contributed by atoms with Crippen LogP contribution < -0.4 is 5.32 Å². The molecular formula is C19H28N4. The summed E-state index contributed by atoms with van der Waals surface area (Å²) in [4.78, 5) is 6.57. The SMILES string of the molecule is CN=C(NCC(C)(C)c1ccccc1)N(C)Cc1cccn1C. The van der Waals surface area contributed by atoms with Gasteiger partial charge in [0.15, 0.2) is 5.96 Å². The molecule has 0 saturated carbocycles. The van der Waals surface area contributed by atoms with E-state index in [9.17, 15) is 0 Å². The molecule has 0 unspecified atom stereocenters. The molecule has 1 aromatic heterocycles. The number of hydrogen-bond acceptors (Lipinski definition) is 1. The Bertz CT molecular complexity index is 640. The van der Waals surface area contributed by atoms with E-state index in [1.54, 1.807) is 0 Å². The van der Waals surface area contributed by atoms with Crippen molar-refractivity contribution in [3.05, 3.63) is 59.9 Å². The van der Waals surface area contributed by atoms with Gasteiger partial charge in [0.05, 0.1) is 6.54 Å². The topological polar surface area (TPSA) is 32.6 Å². The van der Waals surface area contributed by atoms with Crippen molar-refractivity contribution >= 4 is 5.96 Å². The second-order valence-corrected chi connectivity index (χ2v) is 6.62. The Labute approximate surface area is 139 Å². The van der Waals surface area contributed by atoms with Gasteiger partial charge in [0, 0.05) is 45.0 Å². The lowest BCUT2D eigenvalue weighted by molar-refractivity contribution is 0.440. The maximum absolute atomic E-state index is 4.42. The summed E-state index contributed by atoms with van der Waals surface area (Å²) in [6.07, 6.45) is 2.07. The molecule has 0 atom stereocenters. The van der Waals surface area contributed by atoms with Gasteiger partial charge in [-0.15, -0.1) is 0 Å². The lowest BCUT2D eigenvalue weighted by Gasteiger charge is -2.29. The lowest BCUT2D eigenvalue weighted by atomic mass is 9.85. The molecule has 0 radical (unpaired) electrons. The molecule has 0 aliphatic rings. The van der Waals surface area contributed by atoms with Gasteiger partial charge < -0.3 is 14.8 Å². The van der Waals surface area contributed by atoms with Crippen LogP contribution in [0.15, 0.2) is 53.7 Å². The van der Waals surface area contributed by atoms with E-state index in [2.05, 4.69) is 96.4 Å². The van der Waals surface area contributed by atoms with Crippen molar-refractivity contribution in [3.8, 4) is 0 Å². The van der Waals surface area contributed by atoms with E-state index in [0.717, 1.165) is 19.0 Å². The van der Waals surface area contributed by atoms with E-state index < -0.39 is 0 Å². The molecule has 4 heteroatoms. The summed E-state index contributed by atoms with van der Waals surface area (Å²) in [5, 5.41) is 3.51. The van der Waals surface area contributed by atoms with Crippen LogP contribution in [-0.2, 0) is 19.0 Å². The van der Waals surface area contributed by atoms with Gasteiger partial charge in [-0.2, -0.15) is 0 Å². The quantitative estimate of drug-likeness (QED) is 0.680. The molecule has 23 heavy (non-hydrogen) atoms. The van der Waals surface area contributed by atoms with Crippen molar-refractivity contribution in [1.29, 1.82) is 0 Å². The smallest absolute Gasteiger partial charge is 0.193 e. The fraction of sp³-hybridized carbons (Fsp3) is 0.421. The molecule has 0 amide bonds. The molecule has 0 saturated heterocycles. The number of nitrogens with one attached hydrogen (secondary N) is 1. The Kier molecular flexibility index (Phi) is 5.48. The Morgan fingerprint density at radius 1 is 1.17 bits per heavy atom. The van der Waals surface area contributed by atoms with E-state index >= 15 is 0 Å². The van der Waals surface area contributed by atoms with Crippen LogP contribution in [0.4, 0.5) is 0 Å². The second-order valence-electron chi connectivity index (χ2n) is 6.62. The van der Waals surface area contributed by atoms with Crippen LogP contribution in [0.5, 0.6) is 0 Å². The zero-order valence-electron chi connectivity index (χ0n) is 14.9. The maximum Gasteiger partial charge on any atom is 0.193 e. The first-order chi connectivity index (χ1) is 10.9. The second kappa shape index (κ2) is 7.36. The van der Waals surface area contributed by atoms with Crippen LogP contribution in [0.25, 0.3) is 0 Å². The summed E-state index contributed by atoms with van der Waals surface area (Å²) >= 11 is 0. The van der Waals surface area contributed by atoms with Crippen molar-refractivity contribution in [2.24, 2.45) is 12.0 Å². The number of hydrogen-bond donors (Lipinski definition) is 1. The van der Waals surface area contributed by atoms with Gasteiger partial charge in [-0.25, -0.2) is 0 Å². The van der Waals surface area contributed by atoms with Crippen LogP contribution in [0, 0.1) is 0 Å². The van der Waals surface area contributed by atoms with E-state index in [1.807, 2.05) is 7.05 Å². The van der Waals surface area contributed by atoms with Gasteiger partial charge in [-0.1, -0.05) is 44.2 Å². The van der Waals surface area contributed by atoms with Crippen LogP contribution >= 0.6 is 0 Å². The molecule has 1 N–H and O–H groups in total. The monoisotopic (exact) mass is 312 g/mol. The molecule has 0 aliphatic carbocycles. The average molecular weight is 312 g/mol. The lowest BCUT2D eigenvalue weighted by Crippen LogP contribution is -2.44. The van der Waals surface area contributed by atoms with E-state index in [0.29, 0.717) is 0 Å². The van der Waals surface area contributed by atoms with E-state index in [-0.39, 0.29) is 5.41 Å². The fourth-order valence-corrected chi connectivity index (χ4v) is 2.65. The first-order valence-corrected chi connectivity index (χ1v) is 8.01. The predicted molar refractivity (Wildman–Crippen MR) is 97.7 cm³/mol. The Hall–Kier alpha value is -2.23. The summed E-state index contributed by atoms with van der Waals surface area (Å²) in [6.45, 7) is 6.16. The Morgan fingerprint density at radius 2 is 1.87 bits per heavy atom. The van der Waals surface area contributed by atoms with Crippen molar-refractivity contribution in [1.82, 2.24) is 14.8 Å². The van der Waals surface area contributed by atoms with Crippen LogP contribution in [-0.4, -0.2) is 36.1 Å². The number of benzene rings is 1.